The van der Waals surface area contributed by atoms with Gasteiger partial charge >= 0.3 is 5.97 Å². The molecule has 5 heterocycles. The molecule has 0 bridgehead atoms. The molecule has 0 radical (unpaired) electrons. The maximum absolute atomic E-state index is 13.9. The lowest BCUT2D eigenvalue weighted by atomic mass is 10.1. The predicted molar refractivity (Wildman–Crippen MR) is 166 cm³/mol. The zero-order valence-electron chi connectivity index (χ0n) is 23.1. The summed E-state index contributed by atoms with van der Waals surface area (Å²) in [4.78, 5) is 57.0. The number of nitrogens with one attached hydrogen (secondary N) is 1. The van der Waals surface area contributed by atoms with E-state index < -0.39 is 23.2 Å². The first-order valence-corrected chi connectivity index (χ1v) is 14.5. The van der Waals surface area contributed by atoms with Crippen molar-refractivity contribution in [3.05, 3.63) is 128 Å². The number of carboxylic acid groups (broad SMARTS) is 1. The van der Waals surface area contributed by atoms with E-state index in [1.807, 2.05) is 6.07 Å². The van der Waals surface area contributed by atoms with Crippen LogP contribution in [0.15, 0.2) is 101 Å². The fraction of sp³-hybridized carbons (Fsp3) is 0.0645. The molecule has 0 amide bonds. The number of Topliss-reactive ketones (excluding diaryl/α,β-unsaturated/α-hetero) is 1. The van der Waals surface area contributed by atoms with E-state index in [1.165, 1.54) is 52.6 Å². The summed E-state index contributed by atoms with van der Waals surface area (Å²) < 4.78 is 7.83. The van der Waals surface area contributed by atoms with Gasteiger partial charge < -0.3 is 14.9 Å². The minimum Gasteiger partial charge on any atom is -0.478 e. The number of aromatic nitrogens is 5. The monoisotopic (exact) mass is 640 g/mol. The van der Waals surface area contributed by atoms with Crippen LogP contribution in [0, 0.1) is 0 Å². The number of carbonyl (C=O) groups excluding carboxylic acids is 2. The Balaban J connectivity index is 1.45. The van der Waals surface area contributed by atoms with E-state index >= 15 is 0 Å². The Morgan fingerprint density at radius 2 is 1.78 bits per heavy atom. The van der Waals surface area contributed by atoms with E-state index in [-0.39, 0.29) is 34.6 Å². The maximum atomic E-state index is 13.9. The molecule has 14 heteroatoms. The quantitative estimate of drug-likeness (QED) is 0.186. The standard InChI is InChI=1S/C31H21ClN6O6S/c32-27-10-7-22(45-27)15-34-28-12-24(36-38(28)29(40)18-3-5-19(6-4-18)31(42)43)25-9-8-23(20-2-1-11-33-13-20)30(41)37(25)16-26(39)21-14-35-44-17-21/h1-14,17,34H,15-16H2,(H,42,43). The van der Waals surface area contributed by atoms with Crippen molar-refractivity contribution in [3.63, 3.8) is 0 Å². The van der Waals surface area contributed by atoms with E-state index in [0.29, 0.717) is 27.8 Å². The van der Waals surface area contributed by atoms with Crippen molar-refractivity contribution in [3.8, 4) is 22.5 Å². The molecular weight excluding hydrogens is 620 g/mol. The molecule has 2 N–H and O–H groups in total. The molecule has 0 fully saturated rings. The molecule has 224 valence electrons. The number of carbonyl (C=O) groups is 3. The highest BCUT2D eigenvalue weighted by molar-refractivity contribution is 7.16. The average molecular weight is 641 g/mol. The predicted octanol–water partition coefficient (Wildman–Crippen LogP) is 5.36. The summed E-state index contributed by atoms with van der Waals surface area (Å²) in [6.07, 6.45) is 5.59. The van der Waals surface area contributed by atoms with Crippen LogP contribution in [-0.4, -0.2) is 47.3 Å². The number of aromatic carboxylic acids is 1. The van der Waals surface area contributed by atoms with Crippen LogP contribution in [0.25, 0.3) is 22.5 Å². The summed E-state index contributed by atoms with van der Waals surface area (Å²) in [6.45, 7) is -0.0517. The van der Waals surface area contributed by atoms with Gasteiger partial charge in [0.25, 0.3) is 11.5 Å². The Morgan fingerprint density at radius 1 is 0.978 bits per heavy atom. The molecule has 45 heavy (non-hydrogen) atoms. The molecule has 6 aromatic rings. The summed E-state index contributed by atoms with van der Waals surface area (Å²) >= 11 is 7.46. The number of benzene rings is 1. The van der Waals surface area contributed by atoms with Crippen molar-refractivity contribution in [2.45, 2.75) is 13.1 Å². The lowest BCUT2D eigenvalue weighted by Gasteiger charge is -2.12. The Labute approximate surface area is 263 Å². The molecule has 0 unspecified atom stereocenters. The van der Waals surface area contributed by atoms with Crippen LogP contribution >= 0.6 is 22.9 Å². The van der Waals surface area contributed by atoms with Crippen molar-refractivity contribution < 1.29 is 24.0 Å². The second kappa shape index (κ2) is 12.5. The highest BCUT2D eigenvalue weighted by Crippen LogP contribution is 2.27. The number of pyridine rings is 2. The number of thiophene rings is 1. The summed E-state index contributed by atoms with van der Waals surface area (Å²) in [5.41, 5.74) is 1.28. The van der Waals surface area contributed by atoms with Crippen molar-refractivity contribution in [1.29, 1.82) is 0 Å². The van der Waals surface area contributed by atoms with Crippen molar-refractivity contribution in [2.24, 2.45) is 0 Å². The van der Waals surface area contributed by atoms with Gasteiger partial charge in [-0.1, -0.05) is 22.8 Å². The Kier molecular flexibility index (Phi) is 8.18. The smallest absolute Gasteiger partial charge is 0.335 e. The van der Waals surface area contributed by atoms with Gasteiger partial charge in [0.15, 0.2) is 5.78 Å². The lowest BCUT2D eigenvalue weighted by Crippen LogP contribution is -2.27. The fourth-order valence-electron chi connectivity index (χ4n) is 4.57. The maximum Gasteiger partial charge on any atom is 0.335 e. The summed E-state index contributed by atoms with van der Waals surface area (Å²) in [6, 6.07) is 17.3. The third kappa shape index (κ3) is 6.20. The molecule has 0 atom stereocenters. The largest absolute Gasteiger partial charge is 0.478 e. The van der Waals surface area contributed by atoms with Crippen LogP contribution in [0.5, 0.6) is 0 Å². The van der Waals surface area contributed by atoms with Crippen molar-refractivity contribution >= 4 is 46.4 Å². The summed E-state index contributed by atoms with van der Waals surface area (Å²) in [7, 11) is 0. The zero-order valence-corrected chi connectivity index (χ0v) is 24.7. The second-order valence-corrected chi connectivity index (χ2v) is 11.5. The van der Waals surface area contributed by atoms with Crippen LogP contribution in [0.3, 0.4) is 0 Å². The van der Waals surface area contributed by atoms with Crippen LogP contribution in [-0.2, 0) is 13.1 Å². The third-order valence-electron chi connectivity index (χ3n) is 6.82. The van der Waals surface area contributed by atoms with Gasteiger partial charge in [0.1, 0.15) is 17.8 Å². The van der Waals surface area contributed by atoms with Crippen molar-refractivity contribution in [2.75, 3.05) is 5.32 Å². The van der Waals surface area contributed by atoms with Crippen LogP contribution in [0.4, 0.5) is 5.82 Å². The molecule has 0 saturated heterocycles. The van der Waals surface area contributed by atoms with Crippen LogP contribution in [0.1, 0.15) is 36.0 Å². The molecule has 12 nitrogen and oxygen atoms in total. The summed E-state index contributed by atoms with van der Waals surface area (Å²) in [5.74, 6) is -1.81. The van der Waals surface area contributed by atoms with Gasteiger partial charge in [0.05, 0.1) is 40.4 Å². The van der Waals surface area contributed by atoms with Crippen molar-refractivity contribution in [1.82, 2.24) is 24.5 Å². The molecular formula is C31H21ClN6O6S. The minimum absolute atomic E-state index is 0.0239. The second-order valence-electron chi connectivity index (χ2n) is 9.68. The molecule has 0 spiro atoms. The van der Waals surface area contributed by atoms with Gasteiger partial charge in [0.2, 0.25) is 0 Å². The van der Waals surface area contributed by atoms with E-state index in [2.05, 4.69) is 20.6 Å². The highest BCUT2D eigenvalue weighted by atomic mass is 35.5. The molecule has 6 rings (SSSR count). The SMILES string of the molecule is O=C(O)c1ccc(C(=O)n2nc(-c3ccc(-c4cccnc4)c(=O)n3CC(=O)c3cnoc3)cc2NCc2ccc(Cl)s2)cc1. The Morgan fingerprint density at radius 3 is 2.44 bits per heavy atom. The van der Waals surface area contributed by atoms with Gasteiger partial charge in [-0.05, 0) is 54.6 Å². The van der Waals surface area contributed by atoms with E-state index in [4.69, 9.17) is 16.1 Å². The number of anilines is 1. The van der Waals surface area contributed by atoms with Crippen LogP contribution < -0.4 is 10.9 Å². The minimum atomic E-state index is -1.12. The number of hydrogen-bond donors (Lipinski definition) is 2. The first-order chi connectivity index (χ1) is 21.8. The number of halogens is 1. The number of carboxylic acids is 1. The number of ketones is 1. The number of hydrogen-bond acceptors (Lipinski definition) is 10. The average Bonchev–Trinajstić information content (AvgIpc) is 3.83. The fourth-order valence-corrected chi connectivity index (χ4v) is 5.59. The van der Waals surface area contributed by atoms with Gasteiger partial charge in [-0.2, -0.15) is 9.78 Å². The van der Waals surface area contributed by atoms with E-state index in [1.54, 1.807) is 48.8 Å². The Bertz CT molecular complexity index is 2090. The number of nitrogens with zero attached hydrogens (tertiary/aromatic N) is 5. The molecule has 1 aromatic carbocycles. The number of rotatable bonds is 10. The topological polar surface area (TPSA) is 162 Å². The Hall–Kier alpha value is -5.66. The normalized spacial score (nSPS) is 11.0. The van der Waals surface area contributed by atoms with Gasteiger partial charge in [0, 0.05) is 40.0 Å². The first-order valence-electron chi connectivity index (χ1n) is 13.3. The van der Waals surface area contributed by atoms with E-state index in [9.17, 15) is 24.3 Å². The van der Waals surface area contributed by atoms with E-state index in [0.717, 1.165) is 9.56 Å². The van der Waals surface area contributed by atoms with Gasteiger partial charge in [-0.3, -0.25) is 23.9 Å². The molecule has 0 aliphatic carbocycles. The highest BCUT2D eigenvalue weighted by Gasteiger charge is 2.22. The molecule has 0 aliphatic rings. The van der Waals surface area contributed by atoms with Gasteiger partial charge in [-0.25, -0.2) is 4.79 Å². The summed E-state index contributed by atoms with van der Waals surface area (Å²) in [5, 5.41) is 20.6. The molecule has 0 aliphatic heterocycles. The van der Waals surface area contributed by atoms with Gasteiger partial charge in [-0.15, -0.1) is 11.3 Å². The molecule has 5 aromatic heterocycles. The lowest BCUT2D eigenvalue weighted by molar-refractivity contribution is 0.0696. The molecule has 0 saturated carbocycles. The third-order valence-corrected chi connectivity index (χ3v) is 8.05. The first kappa shape index (κ1) is 29.4. The van der Waals surface area contributed by atoms with Crippen LogP contribution in [0.2, 0.25) is 4.34 Å². The zero-order chi connectivity index (χ0) is 31.5.